The number of nitrogens with zero attached hydrogens (tertiary/aromatic N) is 6. The maximum atomic E-state index is 12.6. The molecule has 0 atom stereocenters. The minimum atomic E-state index is -0.289. The summed E-state index contributed by atoms with van der Waals surface area (Å²) in [6.07, 6.45) is 10.8. The SMILES string of the molecule is CCN(CC)CCc1c(C)[nH]c(C=C2C(=O)NN=C2c2cnccn2)c1-c1ncccn1. The number of hydrogen-bond acceptors (Lipinski definition) is 7. The molecule has 0 saturated heterocycles. The maximum Gasteiger partial charge on any atom is 0.273 e. The number of H-pyrrole nitrogens is 1. The van der Waals surface area contributed by atoms with E-state index in [9.17, 15) is 4.79 Å². The predicted molar refractivity (Wildman–Crippen MR) is 123 cm³/mol. The molecule has 0 bridgehead atoms. The Balaban J connectivity index is 1.79. The maximum absolute atomic E-state index is 12.6. The molecule has 0 fully saturated rings. The zero-order valence-corrected chi connectivity index (χ0v) is 18.5. The highest BCUT2D eigenvalue weighted by molar-refractivity contribution is 6.32. The Kier molecular flexibility index (Phi) is 6.46. The lowest BCUT2D eigenvalue weighted by molar-refractivity contribution is -0.116. The predicted octanol–water partition coefficient (Wildman–Crippen LogP) is 2.37. The molecular formula is C23H26N8O. The molecule has 1 aliphatic heterocycles. The van der Waals surface area contributed by atoms with Gasteiger partial charge in [0.05, 0.1) is 17.5 Å². The van der Waals surface area contributed by atoms with Crippen LogP contribution in [0.3, 0.4) is 0 Å². The van der Waals surface area contributed by atoms with Gasteiger partial charge in [0.15, 0.2) is 5.82 Å². The van der Waals surface area contributed by atoms with E-state index in [0.29, 0.717) is 22.8 Å². The number of aromatic nitrogens is 5. The van der Waals surface area contributed by atoms with Crippen molar-refractivity contribution >= 4 is 17.7 Å². The normalized spacial score (nSPS) is 14.8. The lowest BCUT2D eigenvalue weighted by atomic mass is 10.0. The number of hydrazone groups is 1. The fourth-order valence-corrected chi connectivity index (χ4v) is 3.83. The fraction of sp³-hybridized carbons (Fsp3) is 0.304. The number of hydrogen-bond donors (Lipinski definition) is 2. The zero-order valence-electron chi connectivity index (χ0n) is 18.5. The second-order valence-electron chi connectivity index (χ2n) is 7.42. The topological polar surface area (TPSA) is 112 Å². The highest BCUT2D eigenvalue weighted by atomic mass is 16.2. The fourth-order valence-electron chi connectivity index (χ4n) is 3.83. The molecule has 0 aliphatic carbocycles. The van der Waals surface area contributed by atoms with Gasteiger partial charge in [-0.1, -0.05) is 13.8 Å². The highest BCUT2D eigenvalue weighted by Gasteiger charge is 2.27. The number of rotatable bonds is 8. The van der Waals surface area contributed by atoms with E-state index in [4.69, 9.17) is 0 Å². The Morgan fingerprint density at radius 1 is 1.06 bits per heavy atom. The summed E-state index contributed by atoms with van der Waals surface area (Å²) in [5.41, 5.74) is 7.79. The highest BCUT2D eigenvalue weighted by Crippen LogP contribution is 2.31. The Labute approximate surface area is 186 Å². The molecule has 3 aromatic rings. The summed E-state index contributed by atoms with van der Waals surface area (Å²) >= 11 is 0. The molecule has 0 unspecified atom stereocenters. The van der Waals surface area contributed by atoms with Crippen LogP contribution in [0, 0.1) is 6.92 Å². The molecule has 2 N–H and O–H groups in total. The van der Waals surface area contributed by atoms with E-state index in [0.717, 1.165) is 48.6 Å². The van der Waals surface area contributed by atoms with Gasteiger partial charge in [-0.3, -0.25) is 14.8 Å². The average molecular weight is 431 g/mol. The summed E-state index contributed by atoms with van der Waals surface area (Å²) in [6, 6.07) is 1.79. The summed E-state index contributed by atoms with van der Waals surface area (Å²) in [5, 5.41) is 4.17. The number of likely N-dealkylation sites (N-methyl/N-ethyl adjacent to an activating group) is 1. The molecule has 4 heterocycles. The number of carbonyl (C=O) groups excluding carboxylic acids is 1. The van der Waals surface area contributed by atoms with Crippen LogP contribution in [-0.4, -0.2) is 61.1 Å². The zero-order chi connectivity index (χ0) is 22.5. The van der Waals surface area contributed by atoms with E-state index >= 15 is 0 Å². The number of aryl methyl sites for hydroxylation is 1. The van der Waals surface area contributed by atoms with Crippen molar-refractivity contribution in [2.24, 2.45) is 5.10 Å². The van der Waals surface area contributed by atoms with Gasteiger partial charge >= 0.3 is 0 Å². The Morgan fingerprint density at radius 3 is 2.53 bits per heavy atom. The molecule has 9 heteroatoms. The van der Waals surface area contributed by atoms with Crippen molar-refractivity contribution in [1.82, 2.24) is 35.2 Å². The number of aromatic amines is 1. The average Bonchev–Trinajstić information content (AvgIpc) is 3.35. The van der Waals surface area contributed by atoms with Crippen LogP contribution in [0.2, 0.25) is 0 Å². The summed E-state index contributed by atoms with van der Waals surface area (Å²) in [6.45, 7) is 9.28. The molecule has 32 heavy (non-hydrogen) atoms. The van der Waals surface area contributed by atoms with Crippen molar-refractivity contribution in [2.45, 2.75) is 27.2 Å². The van der Waals surface area contributed by atoms with Crippen LogP contribution in [-0.2, 0) is 11.2 Å². The van der Waals surface area contributed by atoms with Crippen LogP contribution in [0.1, 0.15) is 36.5 Å². The molecule has 0 aromatic carbocycles. The quantitative estimate of drug-likeness (QED) is 0.531. The standard InChI is InChI=1S/C23H26N8O/c1-4-31(5-2)12-7-16-15(3)28-18(20(16)22-26-8-6-9-27-22)13-17-21(29-30-23(17)32)19-14-24-10-11-25-19/h6,8-11,13-14,28H,4-5,7,12H2,1-3H3,(H,30,32). The number of carbonyl (C=O) groups is 1. The first-order valence-electron chi connectivity index (χ1n) is 10.7. The monoisotopic (exact) mass is 430 g/mol. The van der Waals surface area contributed by atoms with Crippen molar-refractivity contribution in [3.05, 3.63) is 65.3 Å². The van der Waals surface area contributed by atoms with Crippen molar-refractivity contribution in [3.63, 3.8) is 0 Å². The van der Waals surface area contributed by atoms with Crippen molar-refractivity contribution in [3.8, 4) is 11.4 Å². The van der Waals surface area contributed by atoms with Crippen LogP contribution >= 0.6 is 0 Å². The molecule has 3 aromatic heterocycles. The largest absolute Gasteiger partial charge is 0.358 e. The molecule has 1 aliphatic rings. The van der Waals surface area contributed by atoms with Gasteiger partial charge in [-0.15, -0.1) is 0 Å². The smallest absolute Gasteiger partial charge is 0.273 e. The third-order valence-corrected chi connectivity index (χ3v) is 5.57. The van der Waals surface area contributed by atoms with Gasteiger partial charge in [-0.25, -0.2) is 15.4 Å². The van der Waals surface area contributed by atoms with Gasteiger partial charge in [0.1, 0.15) is 11.4 Å². The molecule has 9 nitrogen and oxygen atoms in total. The summed E-state index contributed by atoms with van der Waals surface area (Å²) < 4.78 is 0. The molecule has 1 amide bonds. The van der Waals surface area contributed by atoms with Crippen LogP contribution in [0.5, 0.6) is 0 Å². The summed E-state index contributed by atoms with van der Waals surface area (Å²) in [5.74, 6) is 0.331. The Hall–Kier alpha value is -3.72. The minimum absolute atomic E-state index is 0.289. The van der Waals surface area contributed by atoms with Crippen molar-refractivity contribution < 1.29 is 4.79 Å². The first kappa shape index (κ1) is 21.5. The van der Waals surface area contributed by atoms with Gasteiger partial charge in [-0.2, -0.15) is 5.10 Å². The van der Waals surface area contributed by atoms with E-state index < -0.39 is 0 Å². The first-order valence-corrected chi connectivity index (χ1v) is 10.7. The molecule has 0 radical (unpaired) electrons. The van der Waals surface area contributed by atoms with E-state index in [1.807, 2.05) is 6.92 Å². The number of amides is 1. The first-order chi connectivity index (χ1) is 15.6. The molecule has 164 valence electrons. The third kappa shape index (κ3) is 4.33. The van der Waals surface area contributed by atoms with E-state index in [1.165, 1.54) is 0 Å². The van der Waals surface area contributed by atoms with Crippen molar-refractivity contribution in [2.75, 3.05) is 19.6 Å². The van der Waals surface area contributed by atoms with E-state index in [2.05, 4.69) is 54.2 Å². The second-order valence-corrected chi connectivity index (χ2v) is 7.42. The lowest BCUT2D eigenvalue weighted by Crippen LogP contribution is -2.25. The Morgan fingerprint density at radius 2 is 1.84 bits per heavy atom. The van der Waals surface area contributed by atoms with E-state index in [1.54, 1.807) is 43.1 Å². The summed E-state index contributed by atoms with van der Waals surface area (Å²) in [7, 11) is 0. The lowest BCUT2D eigenvalue weighted by Gasteiger charge is -2.18. The number of nitrogens with one attached hydrogen (secondary N) is 2. The molecule has 0 spiro atoms. The molecule has 4 rings (SSSR count). The summed E-state index contributed by atoms with van der Waals surface area (Å²) in [4.78, 5) is 35.8. The van der Waals surface area contributed by atoms with Crippen LogP contribution in [0.15, 0.2) is 47.7 Å². The van der Waals surface area contributed by atoms with Crippen LogP contribution < -0.4 is 5.43 Å². The van der Waals surface area contributed by atoms with Gasteiger partial charge in [0, 0.05) is 42.6 Å². The van der Waals surface area contributed by atoms with Crippen LogP contribution in [0.25, 0.3) is 17.5 Å². The van der Waals surface area contributed by atoms with E-state index in [-0.39, 0.29) is 5.91 Å². The minimum Gasteiger partial charge on any atom is -0.358 e. The van der Waals surface area contributed by atoms with Gasteiger partial charge in [-0.05, 0) is 44.1 Å². The van der Waals surface area contributed by atoms with Gasteiger partial charge < -0.3 is 9.88 Å². The van der Waals surface area contributed by atoms with Gasteiger partial charge in [0.2, 0.25) is 0 Å². The van der Waals surface area contributed by atoms with Crippen molar-refractivity contribution in [1.29, 1.82) is 0 Å². The van der Waals surface area contributed by atoms with Gasteiger partial charge in [0.25, 0.3) is 5.91 Å². The Bertz CT molecular complexity index is 1150. The second kappa shape index (κ2) is 9.61. The molecular weight excluding hydrogens is 404 g/mol. The third-order valence-electron chi connectivity index (χ3n) is 5.57. The van der Waals surface area contributed by atoms with Crippen LogP contribution in [0.4, 0.5) is 0 Å². The molecule has 0 saturated carbocycles.